The van der Waals surface area contributed by atoms with Crippen molar-refractivity contribution in [3.8, 4) is 28.7 Å². The van der Waals surface area contributed by atoms with Crippen molar-refractivity contribution in [2.24, 2.45) is 0 Å². The smallest absolute Gasteiger partial charge is 0.335 e. The van der Waals surface area contributed by atoms with Gasteiger partial charge in [-0.05, 0) is 60.5 Å². The van der Waals surface area contributed by atoms with Gasteiger partial charge in [0.25, 0.3) is 0 Å². The normalized spacial score (nSPS) is 12.5. The molecule has 2 atom stereocenters. The van der Waals surface area contributed by atoms with E-state index in [2.05, 4.69) is 0 Å². The molecule has 0 aliphatic heterocycles. The van der Waals surface area contributed by atoms with Gasteiger partial charge in [0.1, 0.15) is 11.9 Å². The summed E-state index contributed by atoms with van der Waals surface area (Å²) in [6.45, 7) is 2.08. The van der Waals surface area contributed by atoms with Crippen molar-refractivity contribution in [3.63, 3.8) is 0 Å². The molecule has 0 saturated heterocycles. The number of aromatic carboxylic acids is 1. The Morgan fingerprint density at radius 3 is 2.11 bits per heavy atom. The van der Waals surface area contributed by atoms with Gasteiger partial charge in [-0.2, -0.15) is 0 Å². The first-order chi connectivity index (χ1) is 16.8. The minimum atomic E-state index is -1.11. The zero-order valence-electron chi connectivity index (χ0n) is 20.4. The number of rotatable bonds is 11. The lowest BCUT2D eigenvalue weighted by Crippen LogP contribution is -2.31. The van der Waals surface area contributed by atoms with Crippen molar-refractivity contribution in [2.45, 2.75) is 18.9 Å². The van der Waals surface area contributed by atoms with Crippen LogP contribution in [0.15, 0.2) is 54.6 Å². The molecule has 0 spiro atoms. The number of carbonyl (C=O) groups is 1. The fourth-order valence-electron chi connectivity index (χ4n) is 3.98. The number of ether oxygens (including phenoxy) is 5. The Balaban J connectivity index is 2.21. The lowest BCUT2D eigenvalue weighted by molar-refractivity contribution is 0.0678. The molecule has 0 radical (unpaired) electrons. The molecule has 0 aliphatic carbocycles. The Bertz CT molecular complexity index is 1170. The first-order valence-electron chi connectivity index (χ1n) is 10.9. The van der Waals surface area contributed by atoms with Crippen LogP contribution in [-0.4, -0.2) is 57.3 Å². The second kappa shape index (κ2) is 11.5. The van der Waals surface area contributed by atoms with Crippen LogP contribution >= 0.6 is 0 Å². The third-order valence-electron chi connectivity index (χ3n) is 5.68. The summed E-state index contributed by atoms with van der Waals surface area (Å²) in [6.07, 6.45) is -0.676. The van der Waals surface area contributed by atoms with Gasteiger partial charge < -0.3 is 33.9 Å². The minimum absolute atomic E-state index is 0.0346. The molecular formula is C27H30O8. The number of carboxylic acid groups (broad SMARTS) is 1. The highest BCUT2D eigenvalue weighted by atomic mass is 16.5. The average Bonchev–Trinajstić information content (AvgIpc) is 2.86. The van der Waals surface area contributed by atoms with E-state index in [0.29, 0.717) is 34.1 Å². The van der Waals surface area contributed by atoms with Gasteiger partial charge in [0.2, 0.25) is 0 Å². The Kier molecular flexibility index (Phi) is 8.43. The van der Waals surface area contributed by atoms with Crippen LogP contribution in [0.3, 0.4) is 0 Å². The highest BCUT2D eigenvalue weighted by Crippen LogP contribution is 2.41. The monoisotopic (exact) mass is 482 g/mol. The van der Waals surface area contributed by atoms with Crippen LogP contribution in [0.4, 0.5) is 0 Å². The number of phenolic OH excluding ortho intramolecular Hbond substituents is 1. The Morgan fingerprint density at radius 1 is 0.829 bits per heavy atom. The molecule has 3 rings (SSSR count). The largest absolute Gasteiger partial charge is 0.508 e. The van der Waals surface area contributed by atoms with Crippen molar-refractivity contribution in [2.75, 3.05) is 35.0 Å². The minimum Gasteiger partial charge on any atom is -0.508 e. The summed E-state index contributed by atoms with van der Waals surface area (Å²) < 4.78 is 28.3. The van der Waals surface area contributed by atoms with Gasteiger partial charge in [-0.15, -0.1) is 0 Å². The molecule has 186 valence electrons. The fraction of sp³-hybridized carbons (Fsp3) is 0.296. The Morgan fingerprint density at radius 2 is 1.49 bits per heavy atom. The molecule has 0 aromatic heterocycles. The van der Waals surface area contributed by atoms with Gasteiger partial charge in [0.05, 0.1) is 39.4 Å². The van der Waals surface area contributed by atoms with Gasteiger partial charge in [-0.25, -0.2) is 4.79 Å². The van der Waals surface area contributed by atoms with E-state index < -0.39 is 18.0 Å². The molecule has 0 aliphatic rings. The van der Waals surface area contributed by atoms with Gasteiger partial charge in [0.15, 0.2) is 23.0 Å². The molecule has 8 nitrogen and oxygen atoms in total. The topological polar surface area (TPSA) is 104 Å². The molecule has 0 amide bonds. The number of benzene rings is 3. The van der Waals surface area contributed by atoms with Crippen LogP contribution in [-0.2, 0) is 4.74 Å². The van der Waals surface area contributed by atoms with E-state index in [4.69, 9.17) is 23.7 Å². The van der Waals surface area contributed by atoms with E-state index in [0.717, 1.165) is 5.56 Å². The summed E-state index contributed by atoms with van der Waals surface area (Å²) in [5.74, 6) is 0.216. The summed E-state index contributed by atoms with van der Waals surface area (Å²) in [5.41, 5.74) is 2.10. The molecule has 0 saturated carbocycles. The van der Waals surface area contributed by atoms with Gasteiger partial charge in [-0.3, -0.25) is 0 Å². The predicted molar refractivity (Wildman–Crippen MR) is 130 cm³/mol. The highest BCUT2D eigenvalue weighted by Gasteiger charge is 2.31. The summed E-state index contributed by atoms with van der Waals surface area (Å²) in [4.78, 5) is 11.7. The molecule has 8 heteroatoms. The zero-order chi connectivity index (χ0) is 25.5. The first-order valence-corrected chi connectivity index (χ1v) is 10.9. The molecule has 0 fully saturated rings. The summed E-state index contributed by atoms with van der Waals surface area (Å²) in [7, 11) is 6.17. The van der Waals surface area contributed by atoms with Gasteiger partial charge in [-0.1, -0.05) is 12.1 Å². The number of hydrogen-bond donors (Lipinski definition) is 2. The third kappa shape index (κ3) is 5.78. The SMILES string of the molecule is COCC(Oc1ccc(C)cc1OC)C(c1ccc(OC)c(OC)c1)c1cc(C(=O)O)ccc1O. The van der Waals surface area contributed by atoms with Crippen molar-refractivity contribution >= 4 is 5.97 Å². The first kappa shape index (κ1) is 25.7. The second-order valence-electron chi connectivity index (χ2n) is 7.94. The second-order valence-corrected chi connectivity index (χ2v) is 7.94. The van der Waals surface area contributed by atoms with Gasteiger partial charge in [0, 0.05) is 12.7 Å². The maximum absolute atomic E-state index is 11.7. The number of aromatic hydroxyl groups is 1. The quantitative estimate of drug-likeness (QED) is 0.407. The van der Waals surface area contributed by atoms with E-state index in [1.165, 1.54) is 32.4 Å². The number of methoxy groups -OCH3 is 4. The molecule has 0 bridgehead atoms. The molecule has 35 heavy (non-hydrogen) atoms. The number of carboxylic acids is 1. The van der Waals surface area contributed by atoms with Crippen LogP contribution in [0, 0.1) is 6.92 Å². The number of phenols is 1. The van der Waals surface area contributed by atoms with E-state index in [-0.39, 0.29) is 17.9 Å². The molecule has 3 aromatic rings. The maximum Gasteiger partial charge on any atom is 0.335 e. The van der Waals surface area contributed by atoms with Crippen LogP contribution in [0.1, 0.15) is 33.0 Å². The number of hydrogen-bond acceptors (Lipinski definition) is 7. The summed E-state index contributed by atoms with van der Waals surface area (Å²) >= 11 is 0. The zero-order valence-corrected chi connectivity index (χ0v) is 20.4. The van der Waals surface area contributed by atoms with Gasteiger partial charge >= 0.3 is 5.97 Å². The fourth-order valence-corrected chi connectivity index (χ4v) is 3.98. The van der Waals surface area contributed by atoms with Crippen molar-refractivity contribution in [3.05, 3.63) is 76.9 Å². The average molecular weight is 483 g/mol. The summed E-state index contributed by atoms with van der Waals surface area (Å²) in [5, 5.41) is 20.4. The van der Waals surface area contributed by atoms with Crippen molar-refractivity contribution < 1.29 is 38.7 Å². The molecule has 2 N–H and O–H groups in total. The van der Waals surface area contributed by atoms with E-state index in [1.807, 2.05) is 25.1 Å². The summed E-state index contributed by atoms with van der Waals surface area (Å²) in [6, 6.07) is 15.0. The standard InChI is InChI=1S/C27H30O8/c1-16-6-10-22(23(12-16)33-4)35-25(15-31-2)26(17-8-11-21(32-3)24(14-17)34-5)19-13-18(27(29)30)7-9-20(19)28/h6-14,25-26,28H,15H2,1-5H3,(H,29,30). The van der Waals surface area contributed by atoms with Crippen LogP contribution in [0.2, 0.25) is 0 Å². The van der Waals surface area contributed by atoms with E-state index in [9.17, 15) is 15.0 Å². The van der Waals surface area contributed by atoms with Crippen molar-refractivity contribution in [1.29, 1.82) is 0 Å². The maximum atomic E-state index is 11.7. The van der Waals surface area contributed by atoms with Crippen LogP contribution in [0.25, 0.3) is 0 Å². The number of aryl methyl sites for hydroxylation is 1. The van der Waals surface area contributed by atoms with E-state index in [1.54, 1.807) is 32.4 Å². The van der Waals surface area contributed by atoms with Crippen molar-refractivity contribution in [1.82, 2.24) is 0 Å². The Labute approximate surface area is 204 Å². The third-order valence-corrected chi connectivity index (χ3v) is 5.68. The van der Waals surface area contributed by atoms with E-state index >= 15 is 0 Å². The molecular weight excluding hydrogens is 452 g/mol. The molecule has 3 aromatic carbocycles. The predicted octanol–water partition coefficient (Wildman–Crippen LogP) is 4.65. The molecule has 0 heterocycles. The van der Waals surface area contributed by atoms with Crippen LogP contribution in [0.5, 0.6) is 28.7 Å². The lowest BCUT2D eigenvalue weighted by Gasteiger charge is -2.30. The van der Waals surface area contributed by atoms with Crippen LogP contribution < -0.4 is 18.9 Å². The molecule has 2 unspecified atom stereocenters. The Hall–Kier alpha value is -3.91. The highest BCUT2D eigenvalue weighted by molar-refractivity contribution is 5.88. The lowest BCUT2D eigenvalue weighted by atomic mass is 9.85.